The minimum Gasteiger partial charge on any atom is -0.464 e. The lowest BCUT2D eigenvalue weighted by Gasteiger charge is -2.25. The maximum absolute atomic E-state index is 13.8. The number of carbonyl (C=O) groups is 1. The first-order valence-electron chi connectivity index (χ1n) is 5.84. The fourth-order valence-corrected chi connectivity index (χ4v) is 2.24. The molecule has 0 radical (unpaired) electrons. The fourth-order valence-electron chi connectivity index (χ4n) is 2.24. The van der Waals surface area contributed by atoms with Gasteiger partial charge in [-0.2, -0.15) is 0 Å². The second kappa shape index (κ2) is 4.30. The van der Waals surface area contributed by atoms with Crippen LogP contribution in [0.1, 0.15) is 26.2 Å². The summed E-state index contributed by atoms with van der Waals surface area (Å²) in [6.07, 6.45) is 0.624. The first kappa shape index (κ1) is 11.8. The number of halogens is 1. The van der Waals surface area contributed by atoms with Crippen LogP contribution >= 0.6 is 0 Å². The van der Waals surface area contributed by atoms with Crippen molar-refractivity contribution in [2.24, 2.45) is 0 Å². The summed E-state index contributed by atoms with van der Waals surface area (Å²) in [6.45, 7) is 2.68. The van der Waals surface area contributed by atoms with Crippen molar-refractivity contribution >= 4 is 5.97 Å². The molecule has 1 N–H and O–H groups in total. The Morgan fingerprint density at radius 3 is 2.94 bits per heavy atom. The van der Waals surface area contributed by atoms with Gasteiger partial charge in [-0.1, -0.05) is 0 Å². The molecule has 0 spiro atoms. The number of rotatable bonds is 4. The number of alkyl halides is 1. The summed E-state index contributed by atoms with van der Waals surface area (Å²) in [5.74, 6) is -0.942. The fraction of sp³-hybridized carbons (Fsp3) is 0.909. The van der Waals surface area contributed by atoms with Crippen LogP contribution in [0, 0.1) is 0 Å². The Morgan fingerprint density at radius 1 is 1.69 bits per heavy atom. The minimum atomic E-state index is -1.92. The predicted molar refractivity (Wildman–Crippen MR) is 55.7 cm³/mol. The van der Waals surface area contributed by atoms with Crippen LogP contribution in [-0.4, -0.2) is 53.5 Å². The molecule has 2 rings (SSSR count). The van der Waals surface area contributed by atoms with Crippen molar-refractivity contribution in [3.63, 3.8) is 0 Å². The normalized spacial score (nSPS) is 32.7. The Labute approximate surface area is 94.4 Å². The molecule has 2 aliphatic rings. The lowest BCUT2D eigenvalue weighted by atomic mass is 9.97. The summed E-state index contributed by atoms with van der Waals surface area (Å²) in [7, 11) is 0. The third kappa shape index (κ3) is 2.20. The summed E-state index contributed by atoms with van der Waals surface area (Å²) in [4.78, 5) is 13.3. The van der Waals surface area contributed by atoms with Gasteiger partial charge in [-0.15, -0.1) is 0 Å². The number of likely N-dealkylation sites (tertiary alicyclic amines) is 1. The van der Waals surface area contributed by atoms with E-state index >= 15 is 0 Å². The quantitative estimate of drug-likeness (QED) is 0.715. The van der Waals surface area contributed by atoms with Gasteiger partial charge in [0.15, 0.2) is 0 Å². The van der Waals surface area contributed by atoms with Crippen LogP contribution in [0.25, 0.3) is 0 Å². The molecule has 1 aliphatic heterocycles. The summed E-state index contributed by atoms with van der Waals surface area (Å²) in [6, 6.07) is 0.489. The van der Waals surface area contributed by atoms with E-state index in [1.165, 1.54) is 0 Å². The van der Waals surface area contributed by atoms with E-state index < -0.39 is 17.7 Å². The number of ether oxygens (including phenoxy) is 1. The molecule has 2 fully saturated rings. The van der Waals surface area contributed by atoms with Crippen LogP contribution in [0.3, 0.4) is 0 Å². The molecule has 0 aromatic carbocycles. The lowest BCUT2D eigenvalue weighted by Crippen LogP contribution is -2.47. The highest BCUT2D eigenvalue weighted by atomic mass is 19.1. The molecule has 4 nitrogen and oxygen atoms in total. The van der Waals surface area contributed by atoms with Gasteiger partial charge in [-0.3, -0.25) is 4.90 Å². The average molecular weight is 231 g/mol. The number of hydrogen-bond donors (Lipinski definition) is 1. The minimum absolute atomic E-state index is 0.141. The van der Waals surface area contributed by atoms with Gasteiger partial charge in [-0.25, -0.2) is 9.18 Å². The van der Waals surface area contributed by atoms with Gasteiger partial charge in [0.05, 0.1) is 6.61 Å². The molecule has 1 heterocycles. The van der Waals surface area contributed by atoms with Gasteiger partial charge < -0.3 is 9.84 Å². The Balaban J connectivity index is 1.94. The smallest absolute Gasteiger partial charge is 0.343 e. The van der Waals surface area contributed by atoms with E-state index in [4.69, 9.17) is 0 Å². The molecule has 0 amide bonds. The van der Waals surface area contributed by atoms with Crippen LogP contribution in [-0.2, 0) is 9.53 Å². The number of hydrogen-bond acceptors (Lipinski definition) is 4. The van der Waals surface area contributed by atoms with E-state index in [9.17, 15) is 14.3 Å². The predicted octanol–water partition coefficient (Wildman–Crippen LogP) is 0.487. The molecule has 1 aliphatic carbocycles. The van der Waals surface area contributed by atoms with E-state index in [0.717, 1.165) is 12.8 Å². The Morgan fingerprint density at radius 2 is 2.38 bits per heavy atom. The zero-order valence-electron chi connectivity index (χ0n) is 9.49. The van der Waals surface area contributed by atoms with Crippen LogP contribution in [0.15, 0.2) is 0 Å². The lowest BCUT2D eigenvalue weighted by molar-refractivity contribution is -0.159. The molecule has 92 valence electrons. The van der Waals surface area contributed by atoms with Crippen molar-refractivity contribution in [1.29, 1.82) is 0 Å². The van der Waals surface area contributed by atoms with Crippen LogP contribution < -0.4 is 0 Å². The SMILES string of the molecule is CCOC(=O)C(F)C1(O)CCN(C2CC2)C1. The third-order valence-electron chi connectivity index (χ3n) is 3.34. The number of nitrogens with zero attached hydrogens (tertiary/aromatic N) is 1. The zero-order chi connectivity index (χ0) is 11.8. The first-order valence-corrected chi connectivity index (χ1v) is 5.84. The number of aliphatic hydroxyl groups is 1. The van der Waals surface area contributed by atoms with Crippen molar-refractivity contribution in [2.45, 2.75) is 44.0 Å². The maximum atomic E-state index is 13.8. The second-order valence-electron chi connectivity index (χ2n) is 4.67. The van der Waals surface area contributed by atoms with Gasteiger partial charge in [0.1, 0.15) is 5.60 Å². The number of β-amino-alcohol motifs (C(OH)–C–C–N with tert-alkyl or cyclic N) is 1. The summed E-state index contributed by atoms with van der Waals surface area (Å²) < 4.78 is 18.4. The van der Waals surface area contributed by atoms with E-state index in [1.807, 2.05) is 0 Å². The standard InChI is InChI=1S/C11H18FNO3/c1-2-16-10(14)9(12)11(15)5-6-13(7-11)8-3-4-8/h8-9,15H,2-7H2,1H3. The maximum Gasteiger partial charge on any atom is 0.343 e. The molecular weight excluding hydrogens is 213 g/mol. The van der Waals surface area contributed by atoms with Crippen LogP contribution in [0.4, 0.5) is 4.39 Å². The van der Waals surface area contributed by atoms with Gasteiger partial charge >= 0.3 is 5.97 Å². The molecule has 0 aromatic rings. The van der Waals surface area contributed by atoms with E-state index in [-0.39, 0.29) is 13.2 Å². The van der Waals surface area contributed by atoms with Gasteiger partial charge in [-0.05, 0) is 26.2 Å². The highest BCUT2D eigenvalue weighted by molar-refractivity contribution is 5.76. The van der Waals surface area contributed by atoms with E-state index in [2.05, 4.69) is 9.64 Å². The summed E-state index contributed by atoms with van der Waals surface area (Å²) in [5, 5.41) is 10.1. The van der Waals surface area contributed by atoms with Crippen molar-refractivity contribution < 1.29 is 19.0 Å². The van der Waals surface area contributed by atoms with Crippen LogP contribution in [0.5, 0.6) is 0 Å². The Hall–Kier alpha value is -0.680. The van der Waals surface area contributed by atoms with Crippen molar-refractivity contribution in [2.75, 3.05) is 19.7 Å². The molecule has 1 saturated carbocycles. The van der Waals surface area contributed by atoms with E-state index in [0.29, 0.717) is 19.0 Å². The highest BCUT2D eigenvalue weighted by Crippen LogP contribution is 2.35. The average Bonchev–Trinajstić information content (AvgIpc) is 3.02. The van der Waals surface area contributed by atoms with Crippen molar-refractivity contribution in [3.8, 4) is 0 Å². The molecule has 1 saturated heterocycles. The number of carbonyl (C=O) groups excluding carboxylic acids is 1. The number of esters is 1. The molecule has 0 aromatic heterocycles. The largest absolute Gasteiger partial charge is 0.464 e. The summed E-state index contributed by atoms with van der Waals surface area (Å²) in [5.41, 5.74) is -1.55. The molecular formula is C11H18FNO3. The van der Waals surface area contributed by atoms with E-state index in [1.54, 1.807) is 6.92 Å². The van der Waals surface area contributed by atoms with Gasteiger partial charge in [0.25, 0.3) is 0 Å². The molecule has 2 atom stereocenters. The summed E-state index contributed by atoms with van der Waals surface area (Å²) >= 11 is 0. The molecule has 0 bridgehead atoms. The topological polar surface area (TPSA) is 49.8 Å². The first-order chi connectivity index (χ1) is 7.57. The van der Waals surface area contributed by atoms with Crippen LogP contribution in [0.2, 0.25) is 0 Å². The van der Waals surface area contributed by atoms with Gasteiger partial charge in [0, 0.05) is 19.1 Å². The van der Waals surface area contributed by atoms with Gasteiger partial charge in [0.2, 0.25) is 6.17 Å². The Kier molecular flexibility index (Phi) is 3.17. The monoisotopic (exact) mass is 231 g/mol. The Bertz CT molecular complexity index is 282. The zero-order valence-corrected chi connectivity index (χ0v) is 9.49. The van der Waals surface area contributed by atoms with Crippen molar-refractivity contribution in [1.82, 2.24) is 4.90 Å². The molecule has 5 heteroatoms. The second-order valence-corrected chi connectivity index (χ2v) is 4.67. The van der Waals surface area contributed by atoms with Crippen molar-refractivity contribution in [3.05, 3.63) is 0 Å². The molecule has 16 heavy (non-hydrogen) atoms. The third-order valence-corrected chi connectivity index (χ3v) is 3.34. The molecule has 2 unspecified atom stereocenters. The highest BCUT2D eigenvalue weighted by Gasteiger charge is 2.50.